The van der Waals surface area contributed by atoms with Gasteiger partial charge in [-0.25, -0.2) is 0 Å². The fourth-order valence-corrected chi connectivity index (χ4v) is 5.95. The van der Waals surface area contributed by atoms with Gasteiger partial charge in [0.25, 0.3) is 15.6 Å². The number of rotatable bonds is 16. The van der Waals surface area contributed by atoms with Gasteiger partial charge in [0.2, 0.25) is 0 Å². The summed E-state index contributed by atoms with van der Waals surface area (Å²) < 4.78 is 78.7. The second kappa shape index (κ2) is 14.2. The van der Waals surface area contributed by atoms with Crippen LogP contribution in [-0.4, -0.2) is 82.7 Å². The molecule has 1 fully saturated rings. The van der Waals surface area contributed by atoms with Crippen LogP contribution in [0, 0.1) is 0 Å². The zero-order chi connectivity index (χ0) is 27.9. The molecule has 1 rings (SSSR count). The number of unbranched alkanes of at least 4 members (excludes halogenated alkanes) is 2. The average Bonchev–Trinajstić information content (AvgIpc) is 2.65. The highest BCUT2D eigenvalue weighted by Gasteiger charge is 2.58. The van der Waals surface area contributed by atoms with Gasteiger partial charge in [-0.2, -0.15) is 0 Å². The van der Waals surface area contributed by atoms with Crippen LogP contribution < -0.4 is 9.79 Å². The first-order valence-corrected chi connectivity index (χ1v) is 18.0. The molecule has 0 bridgehead atoms. The standard InChI is InChI=1S/C16H36O16P4/c1-5-7-9-27-11-13(29-33(3,17)18)14(30-34(4,19)20)12(28-10-8-6-2)16(32-36(24,25)26)15(11)31-35(21,22)23/h11-16H,5-10H2,1-4H3,(H,17,18)(H,19,20)(H2,21,22,23)(H2,24,25,26)/p-2/t11-,12+,13-,14-,15+,16+/m0/s1. The van der Waals surface area contributed by atoms with Gasteiger partial charge >= 0.3 is 15.2 Å². The van der Waals surface area contributed by atoms with E-state index in [0.717, 1.165) is 13.3 Å². The van der Waals surface area contributed by atoms with Crippen LogP contribution in [0.3, 0.4) is 0 Å². The minimum absolute atomic E-state index is 0.160. The van der Waals surface area contributed by atoms with Crippen molar-refractivity contribution < 1.29 is 75.2 Å². The highest BCUT2D eigenvalue weighted by molar-refractivity contribution is 7.52. The smallest absolute Gasteiger partial charge is 0.325 e. The van der Waals surface area contributed by atoms with Gasteiger partial charge in [0.15, 0.2) is 0 Å². The van der Waals surface area contributed by atoms with Gasteiger partial charge in [0.1, 0.15) is 36.6 Å². The topological polar surface area (TPSA) is 251 Å². The molecule has 1 aliphatic carbocycles. The number of ether oxygens (including phenoxy) is 2. The molecule has 36 heavy (non-hydrogen) atoms. The Hall–Kier alpha value is 0.440. The van der Waals surface area contributed by atoms with Crippen molar-refractivity contribution in [3.63, 3.8) is 0 Å². The van der Waals surface area contributed by atoms with Crippen LogP contribution in [0.1, 0.15) is 39.5 Å². The van der Waals surface area contributed by atoms with Gasteiger partial charge in [-0.1, -0.05) is 26.7 Å². The zero-order valence-electron chi connectivity index (χ0n) is 20.2. The lowest BCUT2D eigenvalue weighted by atomic mass is 9.84. The second-order valence-electron chi connectivity index (χ2n) is 8.20. The minimum atomic E-state index is -5.68. The molecule has 20 heteroatoms. The molecular formula is C16H34O16P4-2. The molecule has 4 N–H and O–H groups in total. The molecule has 0 aromatic heterocycles. The maximum absolute atomic E-state index is 12.2. The van der Waals surface area contributed by atoms with Crippen molar-refractivity contribution >= 4 is 30.8 Å². The molecule has 0 aromatic carbocycles. The van der Waals surface area contributed by atoms with Crippen molar-refractivity contribution in [2.75, 3.05) is 26.5 Å². The van der Waals surface area contributed by atoms with Gasteiger partial charge in [0, 0.05) is 26.5 Å². The molecule has 1 aliphatic rings. The first kappa shape index (κ1) is 34.5. The molecule has 216 valence electrons. The normalized spacial score (nSPS) is 33.7. The van der Waals surface area contributed by atoms with E-state index in [9.17, 15) is 47.6 Å². The Labute approximate surface area is 209 Å². The first-order valence-electron chi connectivity index (χ1n) is 10.9. The van der Waals surface area contributed by atoms with Gasteiger partial charge < -0.3 is 47.9 Å². The number of phosphoric ester groups is 2. The summed E-state index contributed by atoms with van der Waals surface area (Å²) in [6, 6.07) is 0. The molecule has 4 unspecified atom stereocenters. The van der Waals surface area contributed by atoms with Crippen LogP contribution in [0.2, 0.25) is 0 Å². The predicted octanol–water partition coefficient (Wildman–Crippen LogP) is 0.463. The van der Waals surface area contributed by atoms with E-state index in [1.54, 1.807) is 13.8 Å². The molecule has 1 saturated carbocycles. The van der Waals surface area contributed by atoms with Crippen LogP contribution >= 0.6 is 30.8 Å². The zero-order valence-corrected chi connectivity index (χ0v) is 23.8. The summed E-state index contributed by atoms with van der Waals surface area (Å²) in [5.41, 5.74) is 0. The number of hydrogen-bond acceptors (Lipinski definition) is 12. The molecule has 0 amide bonds. The quantitative estimate of drug-likeness (QED) is 0.138. The Morgan fingerprint density at radius 3 is 1.08 bits per heavy atom. The molecule has 0 radical (unpaired) electrons. The van der Waals surface area contributed by atoms with E-state index in [1.807, 2.05) is 0 Å². The highest BCUT2D eigenvalue weighted by atomic mass is 31.2. The van der Waals surface area contributed by atoms with E-state index in [-0.39, 0.29) is 13.2 Å². The molecular weight excluding hydrogens is 572 g/mol. The van der Waals surface area contributed by atoms with E-state index in [0.29, 0.717) is 25.7 Å². The van der Waals surface area contributed by atoms with Crippen LogP contribution in [0.5, 0.6) is 0 Å². The van der Waals surface area contributed by atoms with E-state index < -0.39 is 67.5 Å². The van der Waals surface area contributed by atoms with Gasteiger partial charge in [0.05, 0.1) is 0 Å². The summed E-state index contributed by atoms with van der Waals surface area (Å²) in [5, 5.41) is 0. The summed E-state index contributed by atoms with van der Waals surface area (Å²) in [5.74, 6) is 0. The third-order valence-electron chi connectivity index (χ3n) is 4.70. The largest absolute Gasteiger partial charge is 0.756 e. The predicted molar refractivity (Wildman–Crippen MR) is 120 cm³/mol. The Morgan fingerprint density at radius 2 is 0.861 bits per heavy atom. The van der Waals surface area contributed by atoms with E-state index in [1.165, 1.54) is 0 Å². The molecule has 0 saturated heterocycles. The number of phosphoric acid groups is 2. The van der Waals surface area contributed by atoms with Crippen molar-refractivity contribution in [3.8, 4) is 0 Å². The van der Waals surface area contributed by atoms with Crippen LogP contribution in [0.4, 0.5) is 0 Å². The lowest BCUT2D eigenvalue weighted by Crippen LogP contribution is -2.67. The summed E-state index contributed by atoms with van der Waals surface area (Å²) in [7, 11) is -20.3. The van der Waals surface area contributed by atoms with Crippen molar-refractivity contribution in [1.29, 1.82) is 0 Å². The minimum Gasteiger partial charge on any atom is -0.756 e. The number of hydrogen-bond donors (Lipinski definition) is 4. The van der Waals surface area contributed by atoms with Gasteiger partial charge in [-0.15, -0.1) is 0 Å². The van der Waals surface area contributed by atoms with E-state index >= 15 is 0 Å². The Bertz CT molecular complexity index is 730. The second-order valence-corrected chi connectivity index (χ2v) is 14.1. The highest BCUT2D eigenvalue weighted by Crippen LogP contribution is 2.52. The van der Waals surface area contributed by atoms with Crippen molar-refractivity contribution in [1.82, 2.24) is 0 Å². The third kappa shape index (κ3) is 13.0. The van der Waals surface area contributed by atoms with Crippen molar-refractivity contribution in [2.24, 2.45) is 0 Å². The van der Waals surface area contributed by atoms with E-state index in [4.69, 9.17) is 18.5 Å². The third-order valence-corrected chi connectivity index (χ3v) is 6.99. The van der Waals surface area contributed by atoms with Gasteiger partial charge in [-0.3, -0.25) is 27.3 Å². The van der Waals surface area contributed by atoms with Crippen LogP contribution in [0.25, 0.3) is 0 Å². The summed E-state index contributed by atoms with van der Waals surface area (Å²) >= 11 is 0. The maximum Gasteiger partial charge on any atom is 0.325 e. The molecule has 16 nitrogen and oxygen atoms in total. The lowest BCUT2D eigenvalue weighted by molar-refractivity contribution is -0.276. The fourth-order valence-electron chi connectivity index (χ4n) is 3.47. The average molecular weight is 606 g/mol. The molecule has 0 aromatic rings. The molecule has 0 spiro atoms. The summed E-state index contributed by atoms with van der Waals surface area (Å²) in [6.45, 7) is 4.74. The monoisotopic (exact) mass is 606 g/mol. The molecule has 0 heterocycles. The molecule has 10 atom stereocenters. The van der Waals surface area contributed by atoms with Crippen LogP contribution in [-0.2, 0) is 45.8 Å². The summed E-state index contributed by atoms with van der Waals surface area (Å²) in [4.78, 5) is 62.0. The Kier molecular flexibility index (Phi) is 13.6. The SMILES string of the molecule is CCCCO[C@@H]1[C@H](OP(C)(=O)O)[C@@H](OP(C)(=O)O)[C@H](OCCCC)[C@@H](OP(=O)([O-])O)[C@@H]1OP(=O)([O-])O. The van der Waals surface area contributed by atoms with Gasteiger partial charge in [-0.05, 0) is 12.8 Å². The molecule has 0 aliphatic heterocycles. The first-order chi connectivity index (χ1) is 16.3. The summed E-state index contributed by atoms with van der Waals surface area (Å²) in [6.07, 6.45) is -9.91. The van der Waals surface area contributed by atoms with Crippen LogP contribution in [0.15, 0.2) is 0 Å². The lowest BCUT2D eigenvalue weighted by Gasteiger charge is -2.50. The Morgan fingerprint density at radius 1 is 0.583 bits per heavy atom. The maximum atomic E-state index is 12.2. The van der Waals surface area contributed by atoms with Crippen molar-refractivity contribution in [3.05, 3.63) is 0 Å². The fraction of sp³-hybridized carbons (Fsp3) is 1.00. The van der Waals surface area contributed by atoms with E-state index in [2.05, 4.69) is 9.05 Å². The van der Waals surface area contributed by atoms with Crippen molar-refractivity contribution in [2.45, 2.75) is 76.2 Å². The Balaban J connectivity index is 3.80.